The Labute approximate surface area is 125 Å². The van der Waals surface area contributed by atoms with E-state index >= 15 is 0 Å². The van der Waals surface area contributed by atoms with Crippen molar-refractivity contribution in [1.82, 2.24) is 0 Å². The predicted octanol–water partition coefficient (Wildman–Crippen LogP) is 5.38. The molecule has 96 valence electrons. The smallest absolute Gasteiger partial charge is 0.146 e. The van der Waals surface area contributed by atoms with Crippen LogP contribution in [-0.2, 0) is 0 Å². The number of ether oxygens (including phenoxy) is 1. The Morgan fingerprint density at radius 3 is 2.42 bits per heavy atom. The molecule has 0 fully saturated rings. The summed E-state index contributed by atoms with van der Waals surface area (Å²) < 4.78 is 6.61. The fourth-order valence-corrected chi connectivity index (χ4v) is 2.63. The summed E-state index contributed by atoms with van der Waals surface area (Å²) in [6.07, 6.45) is 0. The van der Waals surface area contributed by atoms with Crippen molar-refractivity contribution in [3.8, 4) is 17.6 Å². The zero-order valence-corrected chi connectivity index (χ0v) is 12.8. The SMILES string of the molecule is Cc1cc(Cl)cc(C)c1Oc1cccc(Br)c1C#N. The minimum atomic E-state index is 0.483. The van der Waals surface area contributed by atoms with Crippen LogP contribution in [0.15, 0.2) is 34.8 Å². The average Bonchev–Trinajstić information content (AvgIpc) is 2.34. The molecule has 0 saturated heterocycles. The van der Waals surface area contributed by atoms with E-state index in [4.69, 9.17) is 16.3 Å². The monoisotopic (exact) mass is 335 g/mol. The summed E-state index contributed by atoms with van der Waals surface area (Å²) in [4.78, 5) is 0. The second-order valence-electron chi connectivity index (χ2n) is 4.20. The summed E-state index contributed by atoms with van der Waals surface area (Å²) >= 11 is 9.34. The first-order valence-electron chi connectivity index (χ1n) is 5.66. The molecule has 0 aliphatic heterocycles. The molecule has 0 atom stereocenters. The van der Waals surface area contributed by atoms with Crippen molar-refractivity contribution in [3.63, 3.8) is 0 Å². The first kappa shape index (κ1) is 13.9. The normalized spacial score (nSPS) is 10.1. The van der Waals surface area contributed by atoms with Gasteiger partial charge >= 0.3 is 0 Å². The van der Waals surface area contributed by atoms with Crippen molar-refractivity contribution >= 4 is 27.5 Å². The van der Waals surface area contributed by atoms with Crippen LogP contribution in [0.4, 0.5) is 0 Å². The van der Waals surface area contributed by atoms with Gasteiger partial charge < -0.3 is 4.74 Å². The molecule has 0 amide bonds. The minimum Gasteiger partial charge on any atom is -0.455 e. The van der Waals surface area contributed by atoms with Gasteiger partial charge in [-0.05, 0) is 65.2 Å². The van der Waals surface area contributed by atoms with E-state index in [-0.39, 0.29) is 0 Å². The van der Waals surface area contributed by atoms with Crippen LogP contribution in [0.25, 0.3) is 0 Å². The maximum atomic E-state index is 9.18. The average molecular weight is 337 g/mol. The summed E-state index contributed by atoms with van der Waals surface area (Å²) in [5, 5.41) is 9.86. The van der Waals surface area contributed by atoms with Gasteiger partial charge in [-0.1, -0.05) is 17.7 Å². The fraction of sp³-hybridized carbons (Fsp3) is 0.133. The molecule has 0 heterocycles. The van der Waals surface area contributed by atoms with E-state index in [9.17, 15) is 5.26 Å². The summed E-state index contributed by atoms with van der Waals surface area (Å²) in [7, 11) is 0. The Hall–Kier alpha value is -1.50. The maximum absolute atomic E-state index is 9.18. The van der Waals surface area contributed by atoms with Crippen molar-refractivity contribution in [2.45, 2.75) is 13.8 Å². The highest BCUT2D eigenvalue weighted by Crippen LogP contribution is 2.34. The molecule has 0 N–H and O–H groups in total. The molecule has 2 nitrogen and oxygen atoms in total. The Morgan fingerprint density at radius 1 is 1.21 bits per heavy atom. The van der Waals surface area contributed by atoms with Crippen LogP contribution >= 0.6 is 27.5 Å². The molecule has 0 spiro atoms. The topological polar surface area (TPSA) is 33.0 Å². The van der Waals surface area contributed by atoms with Crippen molar-refractivity contribution < 1.29 is 4.74 Å². The number of aryl methyl sites for hydroxylation is 2. The molecule has 0 aromatic heterocycles. The molecule has 4 heteroatoms. The van der Waals surface area contributed by atoms with Crippen molar-refractivity contribution in [2.24, 2.45) is 0 Å². The molecule has 0 aliphatic carbocycles. The van der Waals surface area contributed by atoms with Crippen molar-refractivity contribution in [3.05, 3.63) is 56.5 Å². The van der Waals surface area contributed by atoms with Gasteiger partial charge in [-0.3, -0.25) is 0 Å². The number of benzene rings is 2. The molecule has 19 heavy (non-hydrogen) atoms. The molecule has 0 bridgehead atoms. The zero-order valence-electron chi connectivity index (χ0n) is 10.5. The Morgan fingerprint density at radius 2 is 1.84 bits per heavy atom. The molecule has 0 saturated carbocycles. The third-order valence-electron chi connectivity index (χ3n) is 2.72. The molecular formula is C15H11BrClNO. The van der Waals surface area contributed by atoms with Gasteiger partial charge in [-0.25, -0.2) is 0 Å². The van der Waals surface area contributed by atoms with Crippen LogP contribution in [0.3, 0.4) is 0 Å². The third-order valence-corrected chi connectivity index (χ3v) is 3.60. The summed E-state index contributed by atoms with van der Waals surface area (Å²) in [5.74, 6) is 1.27. The van der Waals surface area contributed by atoms with Gasteiger partial charge in [0.15, 0.2) is 0 Å². The molecular weight excluding hydrogens is 326 g/mol. The molecule has 0 unspecified atom stereocenters. The fourth-order valence-electron chi connectivity index (χ4n) is 1.87. The number of rotatable bonds is 2. The highest BCUT2D eigenvalue weighted by atomic mass is 79.9. The molecule has 0 aliphatic rings. The molecule has 2 rings (SSSR count). The number of halogens is 2. The predicted molar refractivity (Wildman–Crippen MR) is 79.9 cm³/mol. The van der Waals surface area contributed by atoms with Gasteiger partial charge in [0.1, 0.15) is 23.1 Å². The largest absolute Gasteiger partial charge is 0.455 e. The Kier molecular flexibility index (Phi) is 4.14. The van der Waals surface area contributed by atoms with Crippen LogP contribution in [-0.4, -0.2) is 0 Å². The van der Waals surface area contributed by atoms with Crippen LogP contribution in [0, 0.1) is 25.2 Å². The van der Waals surface area contributed by atoms with Crippen molar-refractivity contribution in [1.29, 1.82) is 5.26 Å². The second kappa shape index (κ2) is 5.64. The van der Waals surface area contributed by atoms with E-state index < -0.39 is 0 Å². The third kappa shape index (κ3) is 2.91. The van der Waals surface area contributed by atoms with Gasteiger partial charge in [0.05, 0.1) is 0 Å². The first-order valence-corrected chi connectivity index (χ1v) is 6.83. The van der Waals surface area contributed by atoms with Gasteiger partial charge in [0.25, 0.3) is 0 Å². The Balaban J connectivity index is 2.49. The number of nitriles is 1. The van der Waals surface area contributed by atoms with E-state index in [0.717, 1.165) is 21.3 Å². The van der Waals surface area contributed by atoms with Crippen LogP contribution in [0.2, 0.25) is 5.02 Å². The van der Waals surface area contributed by atoms with Gasteiger partial charge in [-0.15, -0.1) is 0 Å². The molecule has 2 aromatic rings. The Bertz CT molecular complexity index is 653. The van der Waals surface area contributed by atoms with E-state index in [1.165, 1.54) is 0 Å². The van der Waals surface area contributed by atoms with E-state index in [2.05, 4.69) is 22.0 Å². The van der Waals surface area contributed by atoms with Gasteiger partial charge in [-0.2, -0.15) is 5.26 Å². The van der Waals surface area contributed by atoms with Crippen LogP contribution in [0.5, 0.6) is 11.5 Å². The van der Waals surface area contributed by atoms with Crippen molar-refractivity contribution in [2.75, 3.05) is 0 Å². The lowest BCUT2D eigenvalue weighted by Gasteiger charge is -2.13. The lowest BCUT2D eigenvalue weighted by atomic mass is 10.1. The van der Waals surface area contributed by atoms with E-state index in [1.807, 2.05) is 38.1 Å². The second-order valence-corrected chi connectivity index (χ2v) is 5.49. The van der Waals surface area contributed by atoms with Gasteiger partial charge in [0, 0.05) is 9.50 Å². The number of hydrogen-bond donors (Lipinski definition) is 0. The summed E-state index contributed by atoms with van der Waals surface area (Å²) in [5.41, 5.74) is 2.36. The maximum Gasteiger partial charge on any atom is 0.146 e. The lowest BCUT2D eigenvalue weighted by molar-refractivity contribution is 0.473. The quantitative estimate of drug-likeness (QED) is 0.737. The van der Waals surface area contributed by atoms with E-state index in [1.54, 1.807) is 6.07 Å². The van der Waals surface area contributed by atoms with Crippen LogP contribution in [0.1, 0.15) is 16.7 Å². The highest BCUT2D eigenvalue weighted by Gasteiger charge is 2.12. The first-order chi connectivity index (χ1) is 9.02. The number of nitrogens with zero attached hydrogens (tertiary/aromatic N) is 1. The van der Waals surface area contributed by atoms with Gasteiger partial charge in [0.2, 0.25) is 0 Å². The van der Waals surface area contributed by atoms with Crippen LogP contribution < -0.4 is 4.74 Å². The summed E-state index contributed by atoms with van der Waals surface area (Å²) in [6, 6.07) is 11.2. The minimum absolute atomic E-state index is 0.483. The van der Waals surface area contributed by atoms with E-state index in [0.29, 0.717) is 16.3 Å². The number of hydrogen-bond acceptors (Lipinski definition) is 2. The standard InChI is InChI=1S/C15H11BrClNO/c1-9-6-11(17)7-10(2)15(9)19-14-5-3-4-13(16)12(14)8-18/h3-7H,1-2H3. The zero-order chi connectivity index (χ0) is 14.0. The summed E-state index contributed by atoms with van der Waals surface area (Å²) in [6.45, 7) is 3.86. The molecule has 0 radical (unpaired) electrons. The highest BCUT2D eigenvalue weighted by molar-refractivity contribution is 9.10. The lowest BCUT2D eigenvalue weighted by Crippen LogP contribution is -1.94. The molecule has 2 aromatic carbocycles.